The average molecular weight is 269 g/mol. The van der Waals surface area contributed by atoms with Crippen molar-refractivity contribution in [3.05, 3.63) is 21.9 Å². The fourth-order valence-electron chi connectivity index (χ4n) is 1.83. The zero-order chi connectivity index (χ0) is 13.8. The zero-order valence-corrected chi connectivity index (χ0v) is 11.7. The van der Waals surface area contributed by atoms with Crippen LogP contribution in [0.4, 0.5) is 0 Å². The lowest BCUT2D eigenvalue weighted by Gasteiger charge is -2.31. The summed E-state index contributed by atoms with van der Waals surface area (Å²) < 4.78 is 0. The summed E-state index contributed by atoms with van der Waals surface area (Å²) in [6.45, 7) is 5.67. The van der Waals surface area contributed by atoms with Crippen molar-refractivity contribution in [1.29, 1.82) is 0 Å². The van der Waals surface area contributed by atoms with Gasteiger partial charge in [-0.05, 0) is 30.7 Å². The van der Waals surface area contributed by atoms with Gasteiger partial charge in [-0.25, -0.2) is 0 Å². The van der Waals surface area contributed by atoms with Gasteiger partial charge in [0.25, 0.3) is 5.91 Å². The Morgan fingerprint density at radius 3 is 2.50 bits per heavy atom. The van der Waals surface area contributed by atoms with Crippen LogP contribution in [0.5, 0.6) is 0 Å². The Bertz CT molecular complexity index is 450. The maximum absolute atomic E-state index is 12.2. The van der Waals surface area contributed by atoms with Gasteiger partial charge in [-0.1, -0.05) is 19.0 Å². The summed E-state index contributed by atoms with van der Waals surface area (Å²) in [4.78, 5) is 12.2. The Labute approximate surface area is 111 Å². The Morgan fingerprint density at radius 2 is 2.11 bits per heavy atom. The molecule has 0 radical (unpaired) electrons. The first-order valence-electron chi connectivity index (χ1n) is 5.84. The maximum atomic E-state index is 12.2. The zero-order valence-electron chi connectivity index (χ0n) is 10.9. The molecule has 0 aromatic carbocycles. The summed E-state index contributed by atoms with van der Waals surface area (Å²) in [5, 5.41) is 18.5. The molecule has 0 atom stereocenters. The topological polar surface area (TPSA) is 87.7 Å². The Balaban J connectivity index is 2.99. The minimum absolute atomic E-state index is 0.0359. The Morgan fingerprint density at radius 1 is 1.50 bits per heavy atom. The van der Waals surface area contributed by atoms with Crippen LogP contribution in [-0.2, 0) is 0 Å². The van der Waals surface area contributed by atoms with E-state index in [9.17, 15) is 4.79 Å². The van der Waals surface area contributed by atoms with Crippen LogP contribution < -0.4 is 11.1 Å². The van der Waals surface area contributed by atoms with Crippen molar-refractivity contribution in [2.75, 3.05) is 0 Å². The van der Waals surface area contributed by atoms with Crippen molar-refractivity contribution >= 4 is 23.1 Å². The minimum Gasteiger partial charge on any atom is -0.409 e. The van der Waals surface area contributed by atoms with Gasteiger partial charge in [0.05, 0.1) is 5.56 Å². The molecule has 1 amide bonds. The molecule has 4 N–H and O–H groups in total. The molecule has 1 aromatic heterocycles. The van der Waals surface area contributed by atoms with E-state index in [1.54, 1.807) is 5.38 Å². The number of hydrogen-bond donors (Lipinski definition) is 3. The van der Waals surface area contributed by atoms with Crippen molar-refractivity contribution in [2.45, 2.75) is 39.2 Å². The van der Waals surface area contributed by atoms with Gasteiger partial charge in [-0.3, -0.25) is 4.79 Å². The van der Waals surface area contributed by atoms with Crippen LogP contribution in [0, 0.1) is 6.92 Å². The lowest BCUT2D eigenvalue weighted by Crippen LogP contribution is -2.56. The van der Waals surface area contributed by atoms with Crippen LogP contribution in [0.3, 0.4) is 0 Å². The summed E-state index contributed by atoms with van der Waals surface area (Å²) in [6.07, 6.45) is 1.13. The molecule has 0 fully saturated rings. The molecular formula is C12H19N3O2S. The number of nitrogens with one attached hydrogen (secondary N) is 1. The molecule has 6 heteroatoms. The summed E-state index contributed by atoms with van der Waals surface area (Å²) in [6, 6.07) is 0. The smallest absolute Gasteiger partial charge is 0.253 e. The standard InChI is InChI=1S/C12H19N3O2S/c1-4-12(5-2,11(13)15-17)14-10(16)9-7-18-6-8(9)3/h6-7,17H,4-5H2,1-3H3,(H2,13,15)(H,14,16). The van der Waals surface area contributed by atoms with E-state index < -0.39 is 5.54 Å². The summed E-state index contributed by atoms with van der Waals surface area (Å²) in [5.74, 6) is -0.155. The Kier molecular flexibility index (Phi) is 4.72. The van der Waals surface area contributed by atoms with E-state index in [0.29, 0.717) is 18.4 Å². The lowest BCUT2D eigenvalue weighted by atomic mass is 9.91. The molecule has 0 bridgehead atoms. The van der Waals surface area contributed by atoms with E-state index in [2.05, 4.69) is 10.5 Å². The predicted molar refractivity (Wildman–Crippen MR) is 73.2 cm³/mol. The van der Waals surface area contributed by atoms with Gasteiger partial charge >= 0.3 is 0 Å². The van der Waals surface area contributed by atoms with Crippen molar-refractivity contribution < 1.29 is 10.0 Å². The number of amides is 1. The van der Waals surface area contributed by atoms with Gasteiger partial charge in [-0.15, -0.1) is 0 Å². The van der Waals surface area contributed by atoms with Crippen LogP contribution in [0.15, 0.2) is 15.9 Å². The van der Waals surface area contributed by atoms with Crippen LogP contribution in [0.1, 0.15) is 42.6 Å². The number of aryl methyl sites for hydroxylation is 1. The molecule has 1 aromatic rings. The quantitative estimate of drug-likeness (QED) is 0.331. The van der Waals surface area contributed by atoms with Gasteiger partial charge < -0.3 is 16.3 Å². The third kappa shape index (κ3) is 2.64. The second kappa shape index (κ2) is 5.86. The van der Waals surface area contributed by atoms with Crippen LogP contribution in [0.2, 0.25) is 0 Å². The number of thiophene rings is 1. The number of rotatable bonds is 5. The van der Waals surface area contributed by atoms with E-state index in [-0.39, 0.29) is 11.7 Å². The molecule has 0 aliphatic rings. The van der Waals surface area contributed by atoms with Gasteiger partial charge in [-0.2, -0.15) is 11.3 Å². The van der Waals surface area contributed by atoms with E-state index in [1.165, 1.54) is 11.3 Å². The predicted octanol–water partition coefficient (Wildman–Crippen LogP) is 2.09. The number of carbonyl (C=O) groups is 1. The first-order chi connectivity index (χ1) is 8.50. The van der Waals surface area contributed by atoms with Crippen molar-refractivity contribution in [3.8, 4) is 0 Å². The SMILES string of the molecule is CCC(CC)(NC(=O)c1cscc1C)C(N)=NO. The maximum Gasteiger partial charge on any atom is 0.253 e. The third-order valence-corrected chi connectivity index (χ3v) is 4.12. The highest BCUT2D eigenvalue weighted by Gasteiger charge is 2.33. The molecule has 0 aliphatic carbocycles. The molecule has 0 saturated carbocycles. The summed E-state index contributed by atoms with van der Waals surface area (Å²) in [5.41, 5.74) is 6.47. The molecule has 18 heavy (non-hydrogen) atoms. The first kappa shape index (κ1) is 14.5. The number of hydrogen-bond acceptors (Lipinski definition) is 4. The van der Waals surface area contributed by atoms with Crippen LogP contribution >= 0.6 is 11.3 Å². The summed E-state index contributed by atoms with van der Waals surface area (Å²) in [7, 11) is 0. The number of nitrogens with two attached hydrogens (primary N) is 1. The first-order valence-corrected chi connectivity index (χ1v) is 6.78. The van der Waals surface area contributed by atoms with Gasteiger partial charge in [0.1, 0.15) is 5.54 Å². The number of oxime groups is 1. The molecule has 5 nitrogen and oxygen atoms in total. The molecule has 0 spiro atoms. The fraction of sp³-hybridized carbons (Fsp3) is 0.500. The van der Waals surface area contributed by atoms with Crippen molar-refractivity contribution in [2.24, 2.45) is 10.9 Å². The van der Waals surface area contributed by atoms with Gasteiger partial charge in [0.15, 0.2) is 5.84 Å². The lowest BCUT2D eigenvalue weighted by molar-refractivity contribution is 0.0917. The highest BCUT2D eigenvalue weighted by atomic mass is 32.1. The monoisotopic (exact) mass is 269 g/mol. The second-order valence-corrected chi connectivity index (χ2v) is 4.94. The van der Waals surface area contributed by atoms with Gasteiger partial charge in [0.2, 0.25) is 0 Å². The molecule has 0 aliphatic heterocycles. The molecule has 0 unspecified atom stereocenters. The second-order valence-electron chi connectivity index (χ2n) is 4.20. The third-order valence-electron chi connectivity index (χ3n) is 3.26. The van der Waals surface area contributed by atoms with Gasteiger partial charge in [0, 0.05) is 5.38 Å². The molecule has 1 heterocycles. The summed E-state index contributed by atoms with van der Waals surface area (Å²) >= 11 is 1.48. The average Bonchev–Trinajstić information content (AvgIpc) is 2.81. The minimum atomic E-state index is -0.791. The van der Waals surface area contributed by atoms with Crippen LogP contribution in [0.25, 0.3) is 0 Å². The molecule has 100 valence electrons. The highest BCUT2D eigenvalue weighted by Crippen LogP contribution is 2.19. The van der Waals surface area contributed by atoms with Crippen molar-refractivity contribution in [3.63, 3.8) is 0 Å². The van der Waals surface area contributed by atoms with Crippen molar-refractivity contribution in [1.82, 2.24) is 5.32 Å². The largest absolute Gasteiger partial charge is 0.409 e. The van der Waals surface area contributed by atoms with Crippen LogP contribution in [-0.4, -0.2) is 22.5 Å². The van der Waals surface area contributed by atoms with E-state index >= 15 is 0 Å². The number of amidine groups is 1. The molecule has 0 saturated heterocycles. The molecule has 1 rings (SSSR count). The van der Waals surface area contributed by atoms with E-state index in [0.717, 1.165) is 5.56 Å². The van der Waals surface area contributed by atoms with E-state index in [4.69, 9.17) is 10.9 Å². The highest BCUT2D eigenvalue weighted by molar-refractivity contribution is 7.08. The van der Waals surface area contributed by atoms with E-state index in [1.807, 2.05) is 26.2 Å². The fourth-order valence-corrected chi connectivity index (χ4v) is 2.65. The normalized spacial score (nSPS) is 12.5. The molecular weight excluding hydrogens is 250 g/mol. The number of nitrogens with zero attached hydrogens (tertiary/aromatic N) is 1. The Hall–Kier alpha value is -1.56. The number of carbonyl (C=O) groups excluding carboxylic acids is 1.